The molecule has 0 spiro atoms. The molecule has 0 unspecified atom stereocenters. The monoisotopic (exact) mass is 362 g/mol. The molecule has 138 valence electrons. The Balaban J connectivity index is 1.52. The smallest absolute Gasteiger partial charge is 0.254 e. The number of carbonyl (C=O) groups is 1. The molecule has 2 N–H and O–H groups in total. The average Bonchev–Trinajstić information content (AvgIpc) is 2.71. The van der Waals surface area contributed by atoms with Crippen LogP contribution in [0.2, 0.25) is 0 Å². The molecule has 3 aromatic rings. The highest BCUT2D eigenvalue weighted by Crippen LogP contribution is 2.11. The zero-order valence-corrected chi connectivity index (χ0v) is 15.4. The predicted molar refractivity (Wildman–Crippen MR) is 105 cm³/mol. The number of ether oxygens (including phenoxy) is 1. The molecule has 1 amide bonds. The van der Waals surface area contributed by atoms with Crippen molar-refractivity contribution in [2.24, 2.45) is 0 Å². The van der Waals surface area contributed by atoms with Crippen molar-refractivity contribution in [2.75, 3.05) is 12.4 Å². The minimum Gasteiger partial charge on any atom is -0.497 e. The van der Waals surface area contributed by atoms with Crippen molar-refractivity contribution in [1.82, 2.24) is 15.3 Å². The van der Waals surface area contributed by atoms with E-state index in [1.807, 2.05) is 36.4 Å². The summed E-state index contributed by atoms with van der Waals surface area (Å²) in [7, 11) is 1.62. The molecule has 0 fully saturated rings. The zero-order chi connectivity index (χ0) is 19.1. The SMILES string of the molecule is COc1ccc(CNC(=O)c2cnc(NCc3cccc(C)c3)nc2)cc1. The van der Waals surface area contributed by atoms with E-state index in [0.717, 1.165) is 16.9 Å². The summed E-state index contributed by atoms with van der Waals surface area (Å²) >= 11 is 0. The van der Waals surface area contributed by atoms with Gasteiger partial charge in [-0.1, -0.05) is 42.0 Å². The molecule has 0 radical (unpaired) electrons. The maximum Gasteiger partial charge on any atom is 0.254 e. The van der Waals surface area contributed by atoms with Crippen molar-refractivity contribution in [1.29, 1.82) is 0 Å². The third kappa shape index (κ3) is 5.28. The van der Waals surface area contributed by atoms with E-state index in [0.29, 0.717) is 24.6 Å². The number of carbonyl (C=O) groups excluding carboxylic acids is 1. The Morgan fingerprint density at radius 2 is 1.74 bits per heavy atom. The summed E-state index contributed by atoms with van der Waals surface area (Å²) in [4.78, 5) is 20.7. The lowest BCUT2D eigenvalue weighted by Gasteiger charge is -2.08. The van der Waals surface area contributed by atoms with Crippen molar-refractivity contribution >= 4 is 11.9 Å². The van der Waals surface area contributed by atoms with Gasteiger partial charge in [-0.25, -0.2) is 9.97 Å². The van der Waals surface area contributed by atoms with Crippen LogP contribution >= 0.6 is 0 Å². The highest BCUT2D eigenvalue weighted by Gasteiger charge is 2.07. The van der Waals surface area contributed by atoms with Gasteiger partial charge in [-0.05, 0) is 30.2 Å². The van der Waals surface area contributed by atoms with E-state index < -0.39 is 0 Å². The van der Waals surface area contributed by atoms with Gasteiger partial charge in [-0.2, -0.15) is 0 Å². The maximum absolute atomic E-state index is 12.2. The zero-order valence-electron chi connectivity index (χ0n) is 15.4. The summed E-state index contributed by atoms with van der Waals surface area (Å²) in [5, 5.41) is 6.01. The molecule has 27 heavy (non-hydrogen) atoms. The second-order valence-corrected chi connectivity index (χ2v) is 6.17. The van der Waals surface area contributed by atoms with Crippen molar-refractivity contribution in [2.45, 2.75) is 20.0 Å². The Labute approximate surface area is 158 Å². The summed E-state index contributed by atoms with van der Waals surface area (Å²) in [5.41, 5.74) is 3.77. The van der Waals surface area contributed by atoms with Crippen molar-refractivity contribution in [3.05, 3.63) is 83.2 Å². The lowest BCUT2D eigenvalue weighted by Crippen LogP contribution is -2.23. The highest BCUT2D eigenvalue weighted by molar-refractivity contribution is 5.93. The van der Waals surface area contributed by atoms with Gasteiger partial charge in [0.15, 0.2) is 0 Å². The summed E-state index contributed by atoms with van der Waals surface area (Å²) in [6, 6.07) is 15.8. The Morgan fingerprint density at radius 1 is 1.00 bits per heavy atom. The number of nitrogens with one attached hydrogen (secondary N) is 2. The molecule has 0 saturated carbocycles. The minimum atomic E-state index is -0.212. The quantitative estimate of drug-likeness (QED) is 0.674. The van der Waals surface area contributed by atoms with Gasteiger partial charge in [0.2, 0.25) is 5.95 Å². The van der Waals surface area contributed by atoms with Crippen LogP contribution in [0.1, 0.15) is 27.0 Å². The van der Waals surface area contributed by atoms with Crippen LogP contribution in [0.3, 0.4) is 0 Å². The van der Waals surface area contributed by atoms with Crippen LogP contribution < -0.4 is 15.4 Å². The summed E-state index contributed by atoms with van der Waals surface area (Å²) in [6.07, 6.45) is 3.05. The average molecular weight is 362 g/mol. The lowest BCUT2D eigenvalue weighted by molar-refractivity contribution is 0.0950. The van der Waals surface area contributed by atoms with Gasteiger partial charge in [0.05, 0.1) is 12.7 Å². The second-order valence-electron chi connectivity index (χ2n) is 6.17. The van der Waals surface area contributed by atoms with Crippen molar-refractivity contribution < 1.29 is 9.53 Å². The number of hydrogen-bond donors (Lipinski definition) is 2. The number of nitrogens with zero attached hydrogens (tertiary/aromatic N) is 2. The van der Waals surface area contributed by atoms with Gasteiger partial charge in [0, 0.05) is 25.5 Å². The van der Waals surface area contributed by atoms with E-state index in [1.54, 1.807) is 7.11 Å². The van der Waals surface area contributed by atoms with E-state index >= 15 is 0 Å². The number of anilines is 1. The third-order valence-electron chi connectivity index (χ3n) is 4.06. The van der Waals surface area contributed by atoms with Crippen molar-refractivity contribution in [3.63, 3.8) is 0 Å². The first kappa shape index (κ1) is 18.4. The Kier molecular flexibility index (Phi) is 5.99. The molecular weight excluding hydrogens is 340 g/mol. The first-order valence-corrected chi connectivity index (χ1v) is 8.66. The van der Waals surface area contributed by atoms with Gasteiger partial charge in [-0.15, -0.1) is 0 Å². The molecule has 0 aliphatic carbocycles. The Bertz CT molecular complexity index is 893. The molecule has 1 heterocycles. The van der Waals surface area contributed by atoms with E-state index in [9.17, 15) is 4.79 Å². The minimum absolute atomic E-state index is 0.212. The summed E-state index contributed by atoms with van der Waals surface area (Å²) in [5.74, 6) is 1.06. The van der Waals surface area contributed by atoms with E-state index in [4.69, 9.17) is 4.74 Å². The van der Waals surface area contributed by atoms with Crippen LogP contribution in [0.5, 0.6) is 5.75 Å². The normalized spacial score (nSPS) is 10.3. The second kappa shape index (κ2) is 8.80. The van der Waals surface area contributed by atoms with E-state index in [2.05, 4.69) is 39.7 Å². The highest BCUT2D eigenvalue weighted by atomic mass is 16.5. The van der Waals surface area contributed by atoms with Gasteiger partial charge < -0.3 is 15.4 Å². The molecule has 0 aliphatic heterocycles. The van der Waals surface area contributed by atoms with Gasteiger partial charge in [0.25, 0.3) is 5.91 Å². The number of benzene rings is 2. The Hall–Kier alpha value is -3.41. The third-order valence-corrected chi connectivity index (χ3v) is 4.06. The number of rotatable bonds is 7. The molecule has 3 rings (SSSR count). The Morgan fingerprint density at radius 3 is 2.41 bits per heavy atom. The fourth-order valence-corrected chi connectivity index (χ4v) is 2.57. The first-order valence-electron chi connectivity index (χ1n) is 8.66. The fraction of sp³-hybridized carbons (Fsp3) is 0.190. The van der Waals surface area contributed by atoms with Gasteiger partial charge in [-0.3, -0.25) is 4.79 Å². The van der Waals surface area contributed by atoms with Crippen LogP contribution in [0.4, 0.5) is 5.95 Å². The van der Waals surface area contributed by atoms with Crippen LogP contribution in [-0.4, -0.2) is 23.0 Å². The van der Waals surface area contributed by atoms with E-state index in [1.165, 1.54) is 18.0 Å². The number of aromatic nitrogens is 2. The van der Waals surface area contributed by atoms with E-state index in [-0.39, 0.29) is 5.91 Å². The van der Waals surface area contributed by atoms with Gasteiger partial charge >= 0.3 is 0 Å². The molecule has 1 aromatic heterocycles. The number of methoxy groups -OCH3 is 1. The number of aryl methyl sites for hydroxylation is 1. The topological polar surface area (TPSA) is 76.1 Å². The molecule has 0 bridgehead atoms. The first-order chi connectivity index (χ1) is 13.1. The number of hydrogen-bond acceptors (Lipinski definition) is 5. The van der Waals surface area contributed by atoms with Crippen LogP contribution in [0.15, 0.2) is 60.9 Å². The predicted octanol–water partition coefficient (Wildman–Crippen LogP) is 3.34. The standard InChI is InChI=1S/C21H22N4O2/c1-15-4-3-5-17(10-15)12-23-21-24-13-18(14-25-21)20(26)22-11-16-6-8-19(27-2)9-7-16/h3-10,13-14H,11-12H2,1-2H3,(H,22,26)(H,23,24,25). The maximum atomic E-state index is 12.2. The molecule has 6 nitrogen and oxygen atoms in total. The van der Waals surface area contributed by atoms with Crippen LogP contribution in [-0.2, 0) is 13.1 Å². The van der Waals surface area contributed by atoms with Crippen LogP contribution in [0, 0.1) is 6.92 Å². The molecule has 6 heteroatoms. The lowest BCUT2D eigenvalue weighted by atomic mass is 10.1. The fourth-order valence-electron chi connectivity index (χ4n) is 2.57. The summed E-state index contributed by atoms with van der Waals surface area (Å²) in [6.45, 7) is 3.11. The largest absolute Gasteiger partial charge is 0.497 e. The molecular formula is C21H22N4O2. The molecule has 0 aliphatic rings. The summed E-state index contributed by atoms with van der Waals surface area (Å²) < 4.78 is 5.12. The number of amides is 1. The van der Waals surface area contributed by atoms with Crippen LogP contribution in [0.25, 0.3) is 0 Å². The molecule has 0 atom stereocenters. The van der Waals surface area contributed by atoms with Crippen molar-refractivity contribution in [3.8, 4) is 5.75 Å². The molecule has 0 saturated heterocycles. The van der Waals surface area contributed by atoms with Gasteiger partial charge in [0.1, 0.15) is 5.75 Å². The molecule has 2 aromatic carbocycles.